The van der Waals surface area contributed by atoms with Gasteiger partial charge >= 0.3 is 5.97 Å². The van der Waals surface area contributed by atoms with E-state index in [1.807, 2.05) is 0 Å². The number of carbonyl (C=O) groups excluding carboxylic acids is 2. The van der Waals surface area contributed by atoms with E-state index in [4.69, 9.17) is 4.74 Å². The summed E-state index contributed by atoms with van der Waals surface area (Å²) in [5, 5.41) is 30.2. The molecular formula is C24H18O7. The van der Waals surface area contributed by atoms with Crippen molar-refractivity contribution in [3.8, 4) is 23.0 Å². The first-order valence-electron chi connectivity index (χ1n) is 9.45. The number of Topliss-reactive ketones (excluding diaryl/α,β-unsaturated/α-hetero) is 2. The molecule has 156 valence electrons. The maximum absolute atomic E-state index is 12.7. The quantitative estimate of drug-likeness (QED) is 0.418. The molecule has 0 saturated heterocycles. The molecule has 0 aromatic heterocycles. The van der Waals surface area contributed by atoms with Crippen LogP contribution in [0.25, 0.3) is 0 Å². The molecule has 1 heterocycles. The molecule has 0 saturated carbocycles. The third-order valence-corrected chi connectivity index (χ3v) is 5.33. The predicted molar refractivity (Wildman–Crippen MR) is 111 cm³/mol. The summed E-state index contributed by atoms with van der Waals surface area (Å²) in [6.45, 7) is 2.51. The average molecular weight is 418 g/mol. The largest absolute Gasteiger partial charge is 0.508 e. The maximum Gasteiger partial charge on any atom is 0.335 e. The van der Waals surface area contributed by atoms with Crippen molar-refractivity contribution in [1.29, 1.82) is 0 Å². The Morgan fingerprint density at radius 2 is 1.52 bits per heavy atom. The number of hydrogen-bond donors (Lipinski definition) is 3. The summed E-state index contributed by atoms with van der Waals surface area (Å²) >= 11 is 0. The van der Waals surface area contributed by atoms with E-state index in [0.29, 0.717) is 16.7 Å². The van der Waals surface area contributed by atoms with Gasteiger partial charge < -0.3 is 20.1 Å². The molecule has 0 radical (unpaired) electrons. The van der Waals surface area contributed by atoms with Crippen LogP contribution in [-0.2, 0) is 0 Å². The van der Waals surface area contributed by atoms with Crippen molar-refractivity contribution in [2.45, 2.75) is 19.8 Å². The number of carboxylic acid groups (broad SMARTS) is 1. The van der Waals surface area contributed by atoms with Crippen LogP contribution in [0.1, 0.15) is 67.5 Å². The third-order valence-electron chi connectivity index (χ3n) is 5.33. The monoisotopic (exact) mass is 418 g/mol. The normalized spacial score (nSPS) is 14.2. The highest BCUT2D eigenvalue weighted by molar-refractivity contribution is 6.11. The highest BCUT2D eigenvalue weighted by Gasteiger charge is 2.37. The van der Waals surface area contributed by atoms with Gasteiger partial charge in [-0.1, -0.05) is 24.3 Å². The molecule has 1 unspecified atom stereocenters. The Morgan fingerprint density at radius 3 is 2.16 bits per heavy atom. The maximum atomic E-state index is 12.7. The first-order valence-corrected chi connectivity index (χ1v) is 9.45. The van der Waals surface area contributed by atoms with Crippen LogP contribution in [0, 0.1) is 0 Å². The van der Waals surface area contributed by atoms with Gasteiger partial charge in [-0.15, -0.1) is 0 Å². The van der Waals surface area contributed by atoms with E-state index in [1.54, 1.807) is 24.3 Å². The van der Waals surface area contributed by atoms with E-state index in [0.717, 1.165) is 0 Å². The first-order chi connectivity index (χ1) is 14.7. The summed E-state index contributed by atoms with van der Waals surface area (Å²) in [6.07, 6.45) is 0. The fourth-order valence-electron chi connectivity index (χ4n) is 4.14. The molecule has 3 N–H and O–H groups in total. The van der Waals surface area contributed by atoms with E-state index < -0.39 is 29.2 Å². The van der Waals surface area contributed by atoms with Crippen LogP contribution in [0.4, 0.5) is 0 Å². The summed E-state index contributed by atoms with van der Waals surface area (Å²) in [5.74, 6) is -3.04. The highest BCUT2D eigenvalue weighted by Crippen LogP contribution is 2.52. The second kappa shape index (κ2) is 7.28. The number of phenolic OH excluding ortho intramolecular Hbond substituents is 2. The van der Waals surface area contributed by atoms with E-state index in [1.165, 1.54) is 38.1 Å². The summed E-state index contributed by atoms with van der Waals surface area (Å²) in [6, 6.07) is 12.0. The topological polar surface area (TPSA) is 121 Å². The summed E-state index contributed by atoms with van der Waals surface area (Å²) in [5.41, 5.74) is 1.05. The van der Waals surface area contributed by atoms with Gasteiger partial charge in [-0.3, -0.25) is 9.59 Å². The van der Waals surface area contributed by atoms with Gasteiger partial charge in [-0.25, -0.2) is 4.79 Å². The summed E-state index contributed by atoms with van der Waals surface area (Å²) in [4.78, 5) is 36.9. The molecular weight excluding hydrogens is 400 g/mol. The molecule has 0 aliphatic carbocycles. The Balaban J connectivity index is 2.16. The minimum atomic E-state index is -1.15. The number of aromatic carboxylic acids is 1. The Labute approximate surface area is 177 Å². The minimum Gasteiger partial charge on any atom is -0.508 e. The van der Waals surface area contributed by atoms with Crippen LogP contribution in [0.5, 0.6) is 23.0 Å². The molecule has 1 aliphatic rings. The van der Waals surface area contributed by atoms with Gasteiger partial charge in [0.05, 0.1) is 11.1 Å². The number of rotatable bonds is 4. The minimum absolute atomic E-state index is 0.0197. The van der Waals surface area contributed by atoms with Crippen molar-refractivity contribution < 1.29 is 34.4 Å². The predicted octanol–water partition coefficient (Wildman–Crippen LogP) is 4.49. The zero-order chi connectivity index (χ0) is 22.4. The smallest absolute Gasteiger partial charge is 0.335 e. The van der Waals surface area contributed by atoms with Gasteiger partial charge in [-0.05, 0) is 31.5 Å². The number of ether oxygens (including phenoxy) is 1. The Hall–Kier alpha value is -4.13. The van der Waals surface area contributed by atoms with Crippen LogP contribution >= 0.6 is 0 Å². The molecule has 31 heavy (non-hydrogen) atoms. The number of hydrogen-bond acceptors (Lipinski definition) is 6. The lowest BCUT2D eigenvalue weighted by Crippen LogP contribution is -2.20. The fourth-order valence-corrected chi connectivity index (χ4v) is 4.14. The molecule has 1 aliphatic heterocycles. The zero-order valence-electron chi connectivity index (χ0n) is 16.7. The van der Waals surface area contributed by atoms with Crippen LogP contribution in [0.2, 0.25) is 0 Å². The second-order valence-corrected chi connectivity index (χ2v) is 7.32. The Morgan fingerprint density at radius 1 is 0.839 bits per heavy atom. The zero-order valence-corrected chi connectivity index (χ0v) is 16.7. The van der Waals surface area contributed by atoms with E-state index in [-0.39, 0.29) is 33.9 Å². The van der Waals surface area contributed by atoms with Gasteiger partial charge in [0.25, 0.3) is 0 Å². The molecule has 3 aromatic rings. The number of benzene rings is 3. The van der Waals surface area contributed by atoms with Gasteiger partial charge in [0.15, 0.2) is 11.6 Å². The van der Waals surface area contributed by atoms with Crippen molar-refractivity contribution >= 4 is 17.5 Å². The second-order valence-electron chi connectivity index (χ2n) is 7.32. The van der Waals surface area contributed by atoms with Gasteiger partial charge in [0.2, 0.25) is 0 Å². The Kier molecular flexibility index (Phi) is 4.74. The number of aromatic hydroxyl groups is 2. The van der Waals surface area contributed by atoms with Gasteiger partial charge in [0, 0.05) is 34.7 Å². The van der Waals surface area contributed by atoms with Crippen molar-refractivity contribution in [1.82, 2.24) is 0 Å². The molecule has 0 fully saturated rings. The summed E-state index contributed by atoms with van der Waals surface area (Å²) in [7, 11) is 0. The number of ketones is 2. The molecule has 0 amide bonds. The lowest BCUT2D eigenvalue weighted by atomic mass is 9.76. The van der Waals surface area contributed by atoms with Gasteiger partial charge in [-0.2, -0.15) is 0 Å². The van der Waals surface area contributed by atoms with Crippen LogP contribution < -0.4 is 4.74 Å². The van der Waals surface area contributed by atoms with E-state index in [2.05, 4.69) is 0 Å². The molecule has 3 aromatic carbocycles. The number of fused-ring (bicyclic) bond motifs is 2. The standard InChI is InChI=1S/C24H18O7/c1-11(25)20-17(28)10-19-23(21(20)12(2)26)22(14-5-3-4-6-15(14)24(29)30)16-8-7-13(27)9-18(16)31-19/h3-10,22,27-28H,1-2H3,(H,29,30). The Bertz CT molecular complexity index is 1270. The lowest BCUT2D eigenvalue weighted by Gasteiger charge is -2.32. The van der Waals surface area contributed by atoms with Crippen LogP contribution in [0.15, 0.2) is 48.5 Å². The number of phenols is 2. The number of carbonyl (C=O) groups is 3. The fraction of sp³-hybridized carbons (Fsp3) is 0.125. The van der Waals surface area contributed by atoms with Crippen LogP contribution in [-0.4, -0.2) is 32.9 Å². The SMILES string of the molecule is CC(=O)c1c(O)cc2c(c1C(C)=O)C(c1ccccc1C(=O)O)c1ccc(O)cc1O2. The molecule has 4 rings (SSSR count). The van der Waals surface area contributed by atoms with Crippen molar-refractivity contribution in [2.24, 2.45) is 0 Å². The van der Waals surface area contributed by atoms with Gasteiger partial charge in [0.1, 0.15) is 23.0 Å². The molecule has 0 spiro atoms. The molecule has 1 atom stereocenters. The van der Waals surface area contributed by atoms with Crippen LogP contribution in [0.3, 0.4) is 0 Å². The highest BCUT2D eigenvalue weighted by atomic mass is 16.5. The van der Waals surface area contributed by atoms with Crippen molar-refractivity contribution in [3.05, 3.63) is 81.9 Å². The molecule has 7 nitrogen and oxygen atoms in total. The molecule has 7 heteroatoms. The van der Waals surface area contributed by atoms with E-state index >= 15 is 0 Å². The van der Waals surface area contributed by atoms with E-state index in [9.17, 15) is 29.7 Å². The molecule has 0 bridgehead atoms. The summed E-state index contributed by atoms with van der Waals surface area (Å²) < 4.78 is 5.89. The van der Waals surface area contributed by atoms with Crippen molar-refractivity contribution in [3.63, 3.8) is 0 Å². The lowest BCUT2D eigenvalue weighted by molar-refractivity contribution is 0.0695. The van der Waals surface area contributed by atoms with Crippen molar-refractivity contribution in [2.75, 3.05) is 0 Å². The average Bonchev–Trinajstić information content (AvgIpc) is 2.70. The first kappa shape index (κ1) is 20.2. The number of carboxylic acids is 1. The third kappa shape index (κ3) is 3.20.